The molecule has 0 amide bonds. The summed E-state index contributed by atoms with van der Waals surface area (Å²) in [6.45, 7) is 50.3. The van der Waals surface area contributed by atoms with Gasteiger partial charge in [0.2, 0.25) is 0 Å². The predicted molar refractivity (Wildman–Crippen MR) is 542 cm³/mol. The Morgan fingerprint density at radius 2 is 0.224 bits per heavy atom. The molecule has 0 N–H and O–H groups in total. The standard InChI is InChI=1S/4C22H50FO3PS2/c4*1-7-13-15-17-19-21-28(9-3,10-4)25-27(23,24)26-29(11-5,12-6)22-20-18-16-14-8-2/h4*7-22H2,1-6H3. The number of halogens is 4. The molecule has 0 saturated carbocycles. The van der Waals surface area contributed by atoms with Crippen molar-refractivity contribution in [2.45, 2.75) is 423 Å². The van der Waals surface area contributed by atoms with Crippen molar-refractivity contribution in [1.82, 2.24) is 0 Å². The topological polar surface area (TPSA) is 142 Å². The van der Waals surface area contributed by atoms with Gasteiger partial charge >= 0.3 is 31.6 Å². The molecule has 0 atom stereocenters. The number of unbranched alkanes of at least 4 members (excludes halogenated alkanes) is 32. The van der Waals surface area contributed by atoms with Crippen LogP contribution in [0, 0.1) is 0 Å². The molecule has 12 nitrogen and oxygen atoms in total. The van der Waals surface area contributed by atoms with Crippen molar-refractivity contribution in [2.24, 2.45) is 0 Å². The van der Waals surface area contributed by atoms with E-state index in [9.17, 15) is 18.3 Å². The molecule has 0 aliphatic heterocycles. The fourth-order valence-electron chi connectivity index (χ4n) is 14.4. The van der Waals surface area contributed by atoms with Crippen LogP contribution < -0.4 is 0 Å². The van der Waals surface area contributed by atoms with Crippen LogP contribution in [-0.2, 0) is 50.0 Å². The molecule has 0 bridgehead atoms. The molecule has 0 aromatic heterocycles. The Morgan fingerprint density at radius 1 is 0.147 bits per heavy atom. The van der Waals surface area contributed by atoms with Crippen LogP contribution in [0.3, 0.4) is 0 Å². The Morgan fingerprint density at radius 3 is 0.293 bits per heavy atom. The Bertz CT molecular complexity index is 1950. The van der Waals surface area contributed by atoms with Crippen molar-refractivity contribution >= 4 is 114 Å². The quantitative estimate of drug-likeness (QED) is 0.0325. The first-order valence-electron chi connectivity index (χ1n) is 48.1. The third kappa shape index (κ3) is 59.4. The fourth-order valence-corrected chi connectivity index (χ4v) is 50.6. The lowest BCUT2D eigenvalue weighted by atomic mass is 10.2. The second-order valence-corrected chi connectivity index (χ2v) is 67.8. The average molecular weight is 1910 g/mol. The molecule has 0 radical (unpaired) electrons. The van der Waals surface area contributed by atoms with E-state index in [-0.39, 0.29) is 0 Å². The van der Waals surface area contributed by atoms with Gasteiger partial charge in [0.1, 0.15) is 0 Å². The van der Waals surface area contributed by atoms with Gasteiger partial charge in [-0.05, 0) is 189 Å². The van der Waals surface area contributed by atoms with Crippen molar-refractivity contribution in [3.8, 4) is 0 Å². The van der Waals surface area contributed by atoms with E-state index in [1.54, 1.807) is 0 Å². The molecule has 0 aromatic carbocycles. The Labute approximate surface area is 736 Å². The summed E-state index contributed by atoms with van der Waals surface area (Å²) in [6, 6.07) is 0. The maximum absolute atomic E-state index is 15.2. The van der Waals surface area contributed by atoms with Crippen molar-refractivity contribution in [3.63, 3.8) is 0 Å². The van der Waals surface area contributed by atoms with E-state index in [1.165, 1.54) is 154 Å². The summed E-state index contributed by atoms with van der Waals surface area (Å²) in [6.07, 6.45) is 46.5. The van der Waals surface area contributed by atoms with Crippen LogP contribution in [0.25, 0.3) is 0 Å². The number of rotatable bonds is 80. The first kappa shape index (κ1) is 125. The van der Waals surface area contributed by atoms with Gasteiger partial charge in [0.25, 0.3) is 0 Å². The van der Waals surface area contributed by atoms with E-state index in [0.29, 0.717) is 0 Å². The molecule has 0 saturated heterocycles. The highest BCUT2D eigenvalue weighted by Crippen LogP contribution is 2.77. The average Bonchev–Trinajstić information content (AvgIpc) is 0.829. The third-order valence-corrected chi connectivity index (χ3v) is 64.3. The van der Waals surface area contributed by atoms with Gasteiger partial charge in [-0.15, -0.1) is 99.3 Å². The van der Waals surface area contributed by atoms with Crippen LogP contribution in [0.15, 0.2) is 0 Å². The molecule has 0 rings (SSSR count). The smallest absolute Gasteiger partial charge is 0.233 e. The Balaban J connectivity index is -0.000000721. The fraction of sp³-hybridized carbons (Fsp3) is 1.00. The van der Waals surface area contributed by atoms with Gasteiger partial charge in [0.15, 0.2) is 0 Å². The molecule has 28 heteroatoms. The van der Waals surface area contributed by atoms with Crippen molar-refractivity contribution in [3.05, 3.63) is 0 Å². The van der Waals surface area contributed by atoms with E-state index in [4.69, 9.17) is 31.8 Å². The van der Waals surface area contributed by atoms with Gasteiger partial charge in [-0.1, -0.05) is 372 Å². The summed E-state index contributed by atoms with van der Waals surface area (Å²) < 4.78 is 159. The summed E-state index contributed by atoms with van der Waals surface area (Å²) in [4.78, 5) is 0. The van der Waals surface area contributed by atoms with E-state index in [0.717, 1.165) is 241 Å². The van der Waals surface area contributed by atoms with Crippen molar-refractivity contribution < 1.29 is 66.8 Å². The van der Waals surface area contributed by atoms with E-state index in [1.807, 2.05) is 111 Å². The zero-order valence-electron chi connectivity index (χ0n) is 80.7. The van der Waals surface area contributed by atoms with Crippen molar-refractivity contribution in [1.29, 1.82) is 0 Å². The molecule has 0 heterocycles. The SMILES string of the molecule is CCCCCCCS(CC)(CC)OP(=O)(F)OS(CC)(CC)CCCCCCC.CCCCCCCS(CC)(CC)OP(=O)(F)OS(CC)(CC)CCCCCCC.CCCCCCCS(CC)(CC)OP(=O)(F)OS(CC)(CC)CCCCCCC.CCCCCCCS(CC)(CC)OP(=O)(F)OS(CC)(CC)CCCCCCC. The summed E-state index contributed by atoms with van der Waals surface area (Å²) in [5.74, 6) is 18.5. The first-order chi connectivity index (χ1) is 55.1. The third-order valence-electron chi connectivity index (χ3n) is 23.4. The molecule has 0 aromatic rings. The van der Waals surface area contributed by atoms with E-state index in [2.05, 4.69) is 55.4 Å². The maximum atomic E-state index is 15.2. The largest absolute Gasteiger partial charge is 0.532 e. The molecule has 0 unspecified atom stereocenters. The van der Waals surface area contributed by atoms with Gasteiger partial charge in [0, 0.05) is 0 Å². The zero-order chi connectivity index (χ0) is 88.9. The van der Waals surface area contributed by atoms with E-state index < -0.39 is 114 Å². The second-order valence-electron chi connectivity index (χ2n) is 31.6. The number of hydrogen-bond acceptors (Lipinski definition) is 12. The van der Waals surface area contributed by atoms with Crippen LogP contribution in [0.4, 0.5) is 16.8 Å². The zero-order valence-corrected chi connectivity index (χ0v) is 90.8. The molecular formula is C88H200F4O12P4S8. The normalized spacial score (nSPS) is 14.3. The lowest BCUT2D eigenvalue weighted by Crippen LogP contribution is -2.17. The molecule has 0 fully saturated rings. The second kappa shape index (κ2) is 74.9. The van der Waals surface area contributed by atoms with Gasteiger partial charge in [-0.25, -0.2) is 50.0 Å². The highest BCUT2D eigenvalue weighted by atomic mass is 32.3. The lowest BCUT2D eigenvalue weighted by Gasteiger charge is -2.42. The van der Waals surface area contributed by atoms with Crippen LogP contribution >= 0.6 is 114 Å². The van der Waals surface area contributed by atoms with Gasteiger partial charge in [-0.2, -0.15) is 0 Å². The molecule has 116 heavy (non-hydrogen) atoms. The van der Waals surface area contributed by atoms with Crippen molar-refractivity contribution in [2.75, 3.05) is 138 Å². The Kier molecular flexibility index (Phi) is 80.9. The number of hydrogen-bond donors (Lipinski definition) is 0. The minimum absolute atomic E-state index is 0.742. The summed E-state index contributed by atoms with van der Waals surface area (Å²) in [7, 11) is -31.7. The highest BCUT2D eigenvalue weighted by Gasteiger charge is 2.45. The lowest BCUT2D eigenvalue weighted by molar-refractivity contribution is 0.362. The minimum atomic E-state index is -4.55. The van der Waals surface area contributed by atoms with Gasteiger partial charge in [-0.3, -0.25) is 0 Å². The summed E-state index contributed by atoms with van der Waals surface area (Å²) in [5.41, 5.74) is 0. The van der Waals surface area contributed by atoms with Crippen LogP contribution in [0.1, 0.15) is 423 Å². The molecule has 720 valence electrons. The van der Waals surface area contributed by atoms with E-state index >= 15 is 16.8 Å². The molecule has 0 spiro atoms. The molecule has 0 aliphatic rings. The van der Waals surface area contributed by atoms with Crippen LogP contribution in [0.2, 0.25) is 0 Å². The highest BCUT2D eigenvalue weighted by molar-refractivity contribution is 8.35. The van der Waals surface area contributed by atoms with Crippen LogP contribution in [0.5, 0.6) is 0 Å². The maximum Gasteiger partial charge on any atom is 0.532 e. The van der Waals surface area contributed by atoms with Gasteiger partial charge < -0.3 is 0 Å². The monoisotopic (exact) mass is 1910 g/mol. The summed E-state index contributed by atoms with van der Waals surface area (Å²) >= 11 is 0. The first-order valence-corrected chi connectivity index (χ1v) is 70.4. The molecular weight excluding hydrogens is 1710 g/mol. The predicted octanol–water partition coefficient (Wildman–Crippen LogP) is 38.2. The van der Waals surface area contributed by atoms with Crippen LogP contribution in [-0.4, -0.2) is 138 Å². The minimum Gasteiger partial charge on any atom is -0.233 e. The summed E-state index contributed by atoms with van der Waals surface area (Å²) in [5, 5.41) is 0. The Hall–Kier alpha value is 3.12. The molecule has 0 aliphatic carbocycles. The van der Waals surface area contributed by atoms with Gasteiger partial charge in [0.05, 0.1) is 0 Å².